The summed E-state index contributed by atoms with van der Waals surface area (Å²) in [4.78, 5) is 21.9. The Morgan fingerprint density at radius 2 is 1.81 bits per heavy atom. The molecule has 9 heteroatoms. The van der Waals surface area contributed by atoms with Gasteiger partial charge in [0.1, 0.15) is 5.75 Å². The standard InChI is InChI=1S/C23H18F3N3O2S/c1-31-18-9-7-15(8-10-18)13-29-21(30)19-6-3-11-27-20(19)28-22(29)32-14-16-4-2-5-17(12-16)23(24,25)26/h2-12H,13-14H2,1H3. The minimum Gasteiger partial charge on any atom is -0.497 e. The Balaban J connectivity index is 1.69. The molecule has 0 fully saturated rings. The van der Waals surface area contributed by atoms with E-state index in [1.807, 2.05) is 12.1 Å². The van der Waals surface area contributed by atoms with Gasteiger partial charge in [-0.1, -0.05) is 42.1 Å². The number of thioether (sulfide) groups is 1. The molecular formula is C23H18F3N3O2S. The van der Waals surface area contributed by atoms with Crippen molar-refractivity contribution in [3.63, 3.8) is 0 Å². The Hall–Kier alpha value is -3.33. The van der Waals surface area contributed by atoms with E-state index in [2.05, 4.69) is 9.97 Å². The summed E-state index contributed by atoms with van der Waals surface area (Å²) in [6.07, 6.45) is -2.87. The van der Waals surface area contributed by atoms with Gasteiger partial charge in [0.2, 0.25) is 0 Å². The lowest BCUT2D eigenvalue weighted by Crippen LogP contribution is -2.24. The zero-order valence-corrected chi connectivity index (χ0v) is 17.8. The van der Waals surface area contributed by atoms with Crippen LogP contribution in [0.3, 0.4) is 0 Å². The minimum atomic E-state index is -4.41. The molecule has 0 radical (unpaired) electrons. The Morgan fingerprint density at radius 1 is 1.03 bits per heavy atom. The van der Waals surface area contributed by atoms with Gasteiger partial charge in [0, 0.05) is 11.9 Å². The molecule has 0 amide bonds. The van der Waals surface area contributed by atoms with Crippen molar-refractivity contribution in [1.82, 2.24) is 14.5 Å². The van der Waals surface area contributed by atoms with Crippen molar-refractivity contribution >= 4 is 22.8 Å². The monoisotopic (exact) mass is 457 g/mol. The largest absolute Gasteiger partial charge is 0.497 e. The molecule has 2 aromatic carbocycles. The number of benzene rings is 2. The highest BCUT2D eigenvalue weighted by molar-refractivity contribution is 7.98. The van der Waals surface area contributed by atoms with E-state index in [-0.39, 0.29) is 17.9 Å². The number of hydrogen-bond acceptors (Lipinski definition) is 5. The molecule has 0 unspecified atom stereocenters. The van der Waals surface area contributed by atoms with Crippen LogP contribution in [0.1, 0.15) is 16.7 Å². The van der Waals surface area contributed by atoms with E-state index in [1.54, 1.807) is 43.6 Å². The number of nitrogens with zero attached hydrogens (tertiary/aromatic N) is 3. The number of aromatic nitrogens is 3. The molecule has 0 spiro atoms. The maximum atomic E-state index is 13.2. The summed E-state index contributed by atoms with van der Waals surface area (Å²) in [5, 5.41) is 0.763. The van der Waals surface area contributed by atoms with Crippen LogP contribution in [0.2, 0.25) is 0 Å². The Bertz CT molecular complexity index is 1300. The van der Waals surface area contributed by atoms with Crippen LogP contribution in [-0.4, -0.2) is 21.6 Å². The highest BCUT2D eigenvalue weighted by Gasteiger charge is 2.30. The van der Waals surface area contributed by atoms with E-state index in [0.29, 0.717) is 27.5 Å². The molecule has 0 aliphatic carbocycles. The van der Waals surface area contributed by atoms with Crippen molar-refractivity contribution in [2.75, 3.05) is 7.11 Å². The van der Waals surface area contributed by atoms with Crippen LogP contribution in [0, 0.1) is 0 Å². The highest BCUT2D eigenvalue weighted by Crippen LogP contribution is 2.31. The van der Waals surface area contributed by atoms with Crippen LogP contribution in [0.5, 0.6) is 5.75 Å². The van der Waals surface area contributed by atoms with Crippen molar-refractivity contribution in [3.05, 3.63) is 93.9 Å². The van der Waals surface area contributed by atoms with Crippen LogP contribution < -0.4 is 10.3 Å². The molecule has 32 heavy (non-hydrogen) atoms. The normalized spacial score (nSPS) is 11.6. The second-order valence-corrected chi connectivity index (χ2v) is 7.94. The van der Waals surface area contributed by atoms with Gasteiger partial charge in [0.15, 0.2) is 10.8 Å². The molecule has 2 heterocycles. The van der Waals surface area contributed by atoms with Crippen LogP contribution in [-0.2, 0) is 18.5 Å². The summed E-state index contributed by atoms with van der Waals surface area (Å²) in [7, 11) is 1.57. The number of pyridine rings is 1. The van der Waals surface area contributed by atoms with Gasteiger partial charge in [-0.05, 0) is 41.5 Å². The number of fused-ring (bicyclic) bond motifs is 1. The lowest BCUT2D eigenvalue weighted by Gasteiger charge is -2.14. The Kier molecular flexibility index (Phi) is 6.18. The van der Waals surface area contributed by atoms with E-state index in [9.17, 15) is 18.0 Å². The van der Waals surface area contributed by atoms with E-state index in [1.165, 1.54) is 22.4 Å². The van der Waals surface area contributed by atoms with Crippen molar-refractivity contribution in [1.29, 1.82) is 0 Å². The molecule has 5 nitrogen and oxygen atoms in total. The second-order valence-electron chi connectivity index (χ2n) is 7.00. The fraction of sp³-hybridized carbons (Fsp3) is 0.174. The van der Waals surface area contributed by atoms with Crippen molar-refractivity contribution < 1.29 is 17.9 Å². The summed E-state index contributed by atoms with van der Waals surface area (Å²) >= 11 is 1.20. The third-order valence-electron chi connectivity index (χ3n) is 4.82. The third kappa shape index (κ3) is 4.77. The fourth-order valence-corrected chi connectivity index (χ4v) is 4.11. The first-order valence-corrected chi connectivity index (χ1v) is 10.6. The van der Waals surface area contributed by atoms with Crippen molar-refractivity contribution in [2.45, 2.75) is 23.6 Å². The lowest BCUT2D eigenvalue weighted by atomic mass is 10.1. The van der Waals surface area contributed by atoms with Crippen LogP contribution >= 0.6 is 11.8 Å². The van der Waals surface area contributed by atoms with Gasteiger partial charge in [0.25, 0.3) is 5.56 Å². The predicted molar refractivity (Wildman–Crippen MR) is 117 cm³/mol. The summed E-state index contributed by atoms with van der Waals surface area (Å²) in [5.74, 6) is 0.915. The predicted octanol–water partition coefficient (Wildman–Crippen LogP) is 5.16. The van der Waals surface area contributed by atoms with Crippen molar-refractivity contribution in [2.24, 2.45) is 0 Å². The van der Waals surface area contributed by atoms with Gasteiger partial charge < -0.3 is 4.74 Å². The number of halogens is 3. The summed E-state index contributed by atoms with van der Waals surface area (Å²) in [5.41, 5.74) is 0.676. The number of ether oxygens (including phenoxy) is 1. The van der Waals surface area contributed by atoms with Crippen molar-refractivity contribution in [3.8, 4) is 5.75 Å². The van der Waals surface area contributed by atoms with E-state index in [4.69, 9.17) is 4.74 Å². The minimum absolute atomic E-state index is 0.220. The molecule has 0 aliphatic heterocycles. The number of alkyl halides is 3. The molecule has 4 aromatic rings. The first kappa shape index (κ1) is 21.9. The SMILES string of the molecule is COc1ccc(Cn2c(SCc3cccc(C(F)(F)F)c3)nc3ncccc3c2=O)cc1. The number of hydrogen-bond donors (Lipinski definition) is 0. The van der Waals surface area contributed by atoms with E-state index >= 15 is 0 Å². The molecule has 4 rings (SSSR count). The average Bonchev–Trinajstić information content (AvgIpc) is 2.80. The summed E-state index contributed by atoms with van der Waals surface area (Å²) < 4.78 is 45.8. The van der Waals surface area contributed by atoms with Gasteiger partial charge in [-0.2, -0.15) is 13.2 Å². The van der Waals surface area contributed by atoms with Gasteiger partial charge >= 0.3 is 6.18 Å². The van der Waals surface area contributed by atoms with Crippen LogP contribution in [0.15, 0.2) is 76.8 Å². The zero-order chi connectivity index (χ0) is 22.7. The molecule has 0 atom stereocenters. The van der Waals surface area contributed by atoms with Gasteiger partial charge in [-0.15, -0.1) is 0 Å². The van der Waals surface area contributed by atoms with E-state index in [0.717, 1.165) is 17.7 Å². The van der Waals surface area contributed by atoms with Gasteiger partial charge in [0.05, 0.1) is 24.6 Å². The third-order valence-corrected chi connectivity index (χ3v) is 5.86. The number of methoxy groups -OCH3 is 1. The van der Waals surface area contributed by atoms with E-state index < -0.39 is 11.7 Å². The van der Waals surface area contributed by atoms with Gasteiger partial charge in [-0.25, -0.2) is 9.97 Å². The molecule has 2 aromatic heterocycles. The topological polar surface area (TPSA) is 57.0 Å². The van der Waals surface area contributed by atoms with Crippen LogP contribution in [0.25, 0.3) is 11.0 Å². The lowest BCUT2D eigenvalue weighted by molar-refractivity contribution is -0.137. The molecule has 0 saturated heterocycles. The Morgan fingerprint density at radius 3 is 2.53 bits per heavy atom. The molecule has 0 N–H and O–H groups in total. The molecular weight excluding hydrogens is 439 g/mol. The fourth-order valence-electron chi connectivity index (χ4n) is 3.18. The molecule has 0 saturated carbocycles. The highest BCUT2D eigenvalue weighted by atomic mass is 32.2. The molecule has 0 bridgehead atoms. The molecule has 0 aliphatic rings. The second kappa shape index (κ2) is 9.04. The van der Waals surface area contributed by atoms with Gasteiger partial charge in [-0.3, -0.25) is 9.36 Å². The quantitative estimate of drug-likeness (QED) is 0.296. The maximum absolute atomic E-state index is 13.2. The first-order valence-electron chi connectivity index (χ1n) is 9.62. The molecule has 164 valence electrons. The summed E-state index contributed by atoms with van der Waals surface area (Å²) in [6.45, 7) is 0.256. The average molecular weight is 457 g/mol. The Labute approximate surface area is 185 Å². The number of rotatable bonds is 6. The van der Waals surface area contributed by atoms with Crippen LogP contribution in [0.4, 0.5) is 13.2 Å². The maximum Gasteiger partial charge on any atom is 0.416 e. The summed E-state index contributed by atoms with van der Waals surface area (Å²) in [6, 6.07) is 15.7. The zero-order valence-electron chi connectivity index (χ0n) is 17.0. The first-order chi connectivity index (χ1) is 15.3. The smallest absolute Gasteiger partial charge is 0.416 e.